The number of fused-ring (bicyclic) bond motifs is 1. The van der Waals surface area contributed by atoms with Crippen molar-refractivity contribution < 1.29 is 0 Å². The van der Waals surface area contributed by atoms with Gasteiger partial charge < -0.3 is 10.6 Å². The highest BCUT2D eigenvalue weighted by atomic mass is 32.2. The summed E-state index contributed by atoms with van der Waals surface area (Å²) in [6.07, 6.45) is 5.04. The van der Waals surface area contributed by atoms with E-state index in [9.17, 15) is 0 Å². The molecule has 2 aromatic heterocycles. The lowest BCUT2D eigenvalue weighted by molar-refractivity contribution is 1.08. The molecular formula is C12H18N4S. The first-order chi connectivity index (χ1) is 8.13. The van der Waals surface area contributed by atoms with E-state index >= 15 is 0 Å². The quantitative estimate of drug-likeness (QED) is 0.900. The van der Waals surface area contributed by atoms with Crippen LogP contribution in [0.4, 0.5) is 11.5 Å². The molecule has 0 spiro atoms. The topological polar surface area (TPSA) is 46.6 Å². The van der Waals surface area contributed by atoms with Gasteiger partial charge in [-0.3, -0.25) is 4.40 Å². The number of nitrogens with two attached hydrogens (primary N) is 1. The largest absolute Gasteiger partial charge is 0.383 e. The van der Waals surface area contributed by atoms with Crippen molar-refractivity contribution in [3.05, 3.63) is 24.0 Å². The van der Waals surface area contributed by atoms with Crippen molar-refractivity contribution in [2.24, 2.45) is 0 Å². The molecule has 17 heavy (non-hydrogen) atoms. The molecule has 2 heterocycles. The predicted octanol–water partition coefficient (Wildman–Crippen LogP) is 1.89. The van der Waals surface area contributed by atoms with Crippen LogP contribution in [0.5, 0.6) is 0 Å². The fraction of sp³-hybridized carbons (Fsp3) is 0.417. The van der Waals surface area contributed by atoms with Crippen molar-refractivity contribution in [2.75, 3.05) is 36.7 Å². The van der Waals surface area contributed by atoms with Crippen molar-refractivity contribution in [1.82, 2.24) is 9.38 Å². The van der Waals surface area contributed by atoms with Gasteiger partial charge >= 0.3 is 0 Å². The third-order valence-electron chi connectivity index (χ3n) is 2.78. The summed E-state index contributed by atoms with van der Waals surface area (Å²) in [5.41, 5.74) is 9.16. The lowest BCUT2D eigenvalue weighted by Gasteiger charge is -2.12. The van der Waals surface area contributed by atoms with Crippen LogP contribution in [-0.2, 0) is 6.42 Å². The van der Waals surface area contributed by atoms with Gasteiger partial charge in [0.05, 0.1) is 11.4 Å². The molecule has 0 saturated carbocycles. The van der Waals surface area contributed by atoms with Crippen LogP contribution in [0.15, 0.2) is 18.3 Å². The molecule has 0 aromatic carbocycles. The summed E-state index contributed by atoms with van der Waals surface area (Å²) >= 11 is 1.81. The Hall–Kier alpha value is -1.36. The summed E-state index contributed by atoms with van der Waals surface area (Å²) in [4.78, 5) is 6.61. The van der Waals surface area contributed by atoms with Gasteiger partial charge in [0.2, 0.25) is 0 Å². The Labute approximate surface area is 106 Å². The van der Waals surface area contributed by atoms with E-state index in [0.29, 0.717) is 0 Å². The molecule has 0 aliphatic rings. The second kappa shape index (κ2) is 4.87. The fourth-order valence-corrected chi connectivity index (χ4v) is 2.15. The van der Waals surface area contributed by atoms with Gasteiger partial charge in [0, 0.05) is 26.7 Å². The molecule has 0 saturated heterocycles. The van der Waals surface area contributed by atoms with Crippen LogP contribution in [0.1, 0.15) is 5.69 Å². The molecule has 5 heteroatoms. The van der Waals surface area contributed by atoms with Gasteiger partial charge in [-0.05, 0) is 24.1 Å². The Morgan fingerprint density at radius 3 is 2.82 bits per heavy atom. The lowest BCUT2D eigenvalue weighted by Crippen LogP contribution is -2.09. The van der Waals surface area contributed by atoms with Gasteiger partial charge in [0.15, 0.2) is 0 Å². The number of anilines is 2. The van der Waals surface area contributed by atoms with E-state index in [4.69, 9.17) is 5.73 Å². The van der Waals surface area contributed by atoms with E-state index in [2.05, 4.69) is 22.2 Å². The number of hydrogen-bond acceptors (Lipinski definition) is 4. The standard InChI is InChI=1S/C12H18N4S/c1-15(2)9-4-5-11-14-10(6-7-17-3)12(13)16(11)8-9/h4-5,8H,6-7,13H2,1-3H3. The third-order valence-corrected chi connectivity index (χ3v) is 3.39. The minimum Gasteiger partial charge on any atom is -0.383 e. The van der Waals surface area contributed by atoms with Crippen molar-refractivity contribution in [3.8, 4) is 0 Å². The van der Waals surface area contributed by atoms with Crippen molar-refractivity contribution in [2.45, 2.75) is 6.42 Å². The number of nitrogen functional groups attached to an aromatic ring is 1. The molecule has 0 bridgehead atoms. The zero-order valence-corrected chi connectivity index (χ0v) is 11.3. The van der Waals surface area contributed by atoms with Crippen LogP contribution in [-0.4, -0.2) is 35.5 Å². The second-order valence-electron chi connectivity index (χ2n) is 4.20. The van der Waals surface area contributed by atoms with E-state index in [1.165, 1.54) is 0 Å². The van der Waals surface area contributed by atoms with Crippen LogP contribution in [0.3, 0.4) is 0 Å². The smallest absolute Gasteiger partial charge is 0.138 e. The minimum atomic E-state index is 0.762. The molecular weight excluding hydrogens is 232 g/mol. The normalized spacial score (nSPS) is 11.0. The fourth-order valence-electron chi connectivity index (χ4n) is 1.75. The first kappa shape index (κ1) is 12.1. The monoisotopic (exact) mass is 250 g/mol. The number of aromatic nitrogens is 2. The summed E-state index contributed by atoms with van der Waals surface area (Å²) in [6.45, 7) is 0. The van der Waals surface area contributed by atoms with E-state index in [-0.39, 0.29) is 0 Å². The van der Waals surface area contributed by atoms with Crippen LogP contribution < -0.4 is 10.6 Å². The van der Waals surface area contributed by atoms with Gasteiger partial charge in [-0.1, -0.05) is 0 Å². The van der Waals surface area contributed by atoms with Crippen LogP contribution in [0, 0.1) is 0 Å². The zero-order valence-electron chi connectivity index (χ0n) is 10.5. The second-order valence-corrected chi connectivity index (χ2v) is 5.18. The maximum absolute atomic E-state index is 6.12. The van der Waals surface area contributed by atoms with Crippen LogP contribution in [0.25, 0.3) is 5.65 Å². The molecule has 0 unspecified atom stereocenters. The van der Waals surface area contributed by atoms with Crippen molar-refractivity contribution >= 4 is 28.9 Å². The molecule has 2 rings (SSSR count). The summed E-state index contributed by atoms with van der Waals surface area (Å²) in [7, 11) is 4.03. The van der Waals surface area contributed by atoms with Gasteiger partial charge in [0.25, 0.3) is 0 Å². The van der Waals surface area contributed by atoms with Gasteiger partial charge in [-0.25, -0.2) is 4.98 Å². The molecule has 4 nitrogen and oxygen atoms in total. The van der Waals surface area contributed by atoms with E-state index in [1.54, 1.807) is 0 Å². The highest BCUT2D eigenvalue weighted by Gasteiger charge is 2.09. The summed E-state index contributed by atoms with van der Waals surface area (Å²) < 4.78 is 1.96. The van der Waals surface area contributed by atoms with E-state index in [1.807, 2.05) is 42.5 Å². The minimum absolute atomic E-state index is 0.762. The van der Waals surface area contributed by atoms with Crippen LogP contribution >= 0.6 is 11.8 Å². The molecule has 2 aromatic rings. The van der Waals surface area contributed by atoms with Gasteiger partial charge in [-0.15, -0.1) is 0 Å². The van der Waals surface area contributed by atoms with Gasteiger partial charge in [-0.2, -0.15) is 11.8 Å². The molecule has 0 aliphatic carbocycles. The maximum atomic E-state index is 6.12. The summed E-state index contributed by atoms with van der Waals surface area (Å²) in [5, 5.41) is 0. The average Bonchev–Trinajstić information content (AvgIpc) is 2.63. The van der Waals surface area contributed by atoms with E-state index in [0.717, 1.165) is 35.0 Å². The van der Waals surface area contributed by atoms with Crippen molar-refractivity contribution in [3.63, 3.8) is 0 Å². The molecule has 0 radical (unpaired) electrons. The average molecular weight is 250 g/mol. The number of hydrogen-bond donors (Lipinski definition) is 1. The molecule has 0 amide bonds. The zero-order chi connectivity index (χ0) is 12.4. The molecule has 0 aliphatic heterocycles. The summed E-state index contributed by atoms with van der Waals surface area (Å²) in [6, 6.07) is 4.06. The Bertz CT molecular complexity index is 518. The molecule has 0 fully saturated rings. The predicted molar refractivity (Wildman–Crippen MR) is 76.0 cm³/mol. The Morgan fingerprint density at radius 2 is 2.18 bits per heavy atom. The highest BCUT2D eigenvalue weighted by Crippen LogP contribution is 2.20. The molecule has 92 valence electrons. The number of thioether (sulfide) groups is 1. The Balaban J connectivity index is 2.43. The van der Waals surface area contributed by atoms with Crippen molar-refractivity contribution in [1.29, 1.82) is 0 Å². The lowest BCUT2D eigenvalue weighted by atomic mass is 10.3. The van der Waals surface area contributed by atoms with Crippen LogP contribution in [0.2, 0.25) is 0 Å². The SMILES string of the molecule is CSCCc1nc2ccc(N(C)C)cn2c1N. The third kappa shape index (κ3) is 2.34. The number of aryl methyl sites for hydroxylation is 1. The number of nitrogens with zero attached hydrogens (tertiary/aromatic N) is 3. The Kier molecular flexibility index (Phi) is 3.47. The first-order valence-electron chi connectivity index (χ1n) is 5.56. The summed E-state index contributed by atoms with van der Waals surface area (Å²) in [5.74, 6) is 1.81. The highest BCUT2D eigenvalue weighted by molar-refractivity contribution is 7.98. The van der Waals surface area contributed by atoms with E-state index < -0.39 is 0 Å². The number of imidazole rings is 1. The first-order valence-corrected chi connectivity index (χ1v) is 6.95. The number of pyridine rings is 1. The number of rotatable bonds is 4. The maximum Gasteiger partial charge on any atom is 0.138 e. The van der Waals surface area contributed by atoms with Gasteiger partial charge in [0.1, 0.15) is 11.5 Å². The molecule has 2 N–H and O–H groups in total. The molecule has 0 atom stereocenters. The Morgan fingerprint density at radius 1 is 1.41 bits per heavy atom.